The molecule has 0 saturated carbocycles. The third-order valence-corrected chi connectivity index (χ3v) is 7.75. The van der Waals surface area contributed by atoms with Crippen molar-refractivity contribution in [3.63, 3.8) is 0 Å². The maximum atomic E-state index is 13.6. The van der Waals surface area contributed by atoms with Crippen molar-refractivity contribution in [2.24, 2.45) is 4.99 Å². The second kappa shape index (κ2) is 7.90. The van der Waals surface area contributed by atoms with Crippen LogP contribution >= 0.6 is 0 Å². The fraction of sp³-hybridized carbons (Fsp3) is 0.350. The molecule has 1 fully saturated rings. The van der Waals surface area contributed by atoms with Gasteiger partial charge < -0.3 is 10.2 Å². The summed E-state index contributed by atoms with van der Waals surface area (Å²) in [4.78, 5) is 18.9. The molecule has 5 rings (SSSR count). The highest BCUT2D eigenvalue weighted by molar-refractivity contribution is 7.93. The Labute approximate surface area is 187 Å². The van der Waals surface area contributed by atoms with E-state index in [4.69, 9.17) is 0 Å². The van der Waals surface area contributed by atoms with Crippen molar-refractivity contribution in [1.29, 1.82) is 0 Å². The van der Waals surface area contributed by atoms with Crippen LogP contribution in [0.15, 0.2) is 35.6 Å². The average molecular weight is 480 g/mol. The summed E-state index contributed by atoms with van der Waals surface area (Å²) in [6.45, 7) is 0.535. The standard InChI is InChI=1S/C20H19F3N6O3S/c21-13-7-12(8-14(22)19(13)23)26-20(30)27-10-18-16(29-5-2-6-33(29,31)32)9-25-28(18)11-17(27)15-3-1-4-24-15/h1,4,7-9,17H,2-3,5-6,10-11H2,(H,26,30)/t17-/m1/s1. The van der Waals surface area contributed by atoms with Gasteiger partial charge >= 0.3 is 6.03 Å². The van der Waals surface area contributed by atoms with Crippen LogP contribution in [0.5, 0.6) is 0 Å². The normalized spacial score (nSPS) is 21.3. The summed E-state index contributed by atoms with van der Waals surface area (Å²) < 4.78 is 68.4. The first-order chi connectivity index (χ1) is 15.7. The number of anilines is 2. The highest BCUT2D eigenvalue weighted by atomic mass is 32.2. The summed E-state index contributed by atoms with van der Waals surface area (Å²) in [6.07, 6.45) is 5.92. The summed E-state index contributed by atoms with van der Waals surface area (Å²) in [5.41, 5.74) is 1.37. The quantitative estimate of drug-likeness (QED) is 0.683. The van der Waals surface area contributed by atoms with E-state index < -0.39 is 39.5 Å². The summed E-state index contributed by atoms with van der Waals surface area (Å²) in [5.74, 6) is -4.45. The molecular weight excluding hydrogens is 461 g/mol. The molecule has 1 atom stereocenters. The first-order valence-corrected chi connectivity index (χ1v) is 11.8. The number of hydrogen-bond acceptors (Lipinski definition) is 5. The lowest BCUT2D eigenvalue weighted by Crippen LogP contribution is -2.52. The zero-order valence-electron chi connectivity index (χ0n) is 17.2. The number of fused-ring (bicyclic) bond motifs is 1. The Balaban J connectivity index is 1.48. The van der Waals surface area contributed by atoms with Gasteiger partial charge in [-0.25, -0.2) is 26.4 Å². The largest absolute Gasteiger partial charge is 0.322 e. The molecule has 0 spiro atoms. The van der Waals surface area contributed by atoms with E-state index in [9.17, 15) is 26.4 Å². The molecule has 174 valence electrons. The summed E-state index contributed by atoms with van der Waals surface area (Å²) >= 11 is 0. The average Bonchev–Trinajstić information content (AvgIpc) is 3.50. The van der Waals surface area contributed by atoms with Crippen LogP contribution in [0.1, 0.15) is 18.5 Å². The Hall–Kier alpha value is -3.35. The molecule has 1 N–H and O–H groups in total. The van der Waals surface area contributed by atoms with Crippen molar-refractivity contribution >= 4 is 33.1 Å². The molecule has 9 nitrogen and oxygen atoms in total. The van der Waals surface area contributed by atoms with Crippen molar-refractivity contribution in [3.05, 3.63) is 53.8 Å². The smallest absolute Gasteiger partial charge is 0.308 e. The predicted molar refractivity (Wildman–Crippen MR) is 114 cm³/mol. The molecule has 0 radical (unpaired) electrons. The highest BCUT2D eigenvalue weighted by Crippen LogP contribution is 2.33. The first-order valence-electron chi connectivity index (χ1n) is 10.2. The van der Waals surface area contributed by atoms with E-state index >= 15 is 0 Å². The van der Waals surface area contributed by atoms with Crippen LogP contribution < -0.4 is 9.62 Å². The lowest BCUT2D eigenvalue weighted by molar-refractivity contribution is 0.178. The van der Waals surface area contributed by atoms with Crippen LogP contribution in [0.2, 0.25) is 0 Å². The zero-order chi connectivity index (χ0) is 23.3. The third-order valence-electron chi connectivity index (χ3n) is 5.89. The number of nitrogens with zero attached hydrogens (tertiary/aromatic N) is 5. The fourth-order valence-corrected chi connectivity index (χ4v) is 5.87. The number of urea groups is 1. The van der Waals surface area contributed by atoms with Crippen LogP contribution in [0.4, 0.5) is 29.3 Å². The predicted octanol–water partition coefficient (Wildman–Crippen LogP) is 2.62. The maximum absolute atomic E-state index is 13.6. The maximum Gasteiger partial charge on any atom is 0.322 e. The number of benzene rings is 1. The minimum Gasteiger partial charge on any atom is -0.308 e. The van der Waals surface area contributed by atoms with E-state index in [2.05, 4.69) is 15.4 Å². The van der Waals surface area contributed by atoms with E-state index in [0.717, 1.165) is 0 Å². The molecule has 1 saturated heterocycles. The van der Waals surface area contributed by atoms with Gasteiger partial charge in [0.15, 0.2) is 17.5 Å². The van der Waals surface area contributed by atoms with Crippen LogP contribution in [0.25, 0.3) is 0 Å². The van der Waals surface area contributed by atoms with Gasteiger partial charge in [0, 0.05) is 42.7 Å². The van der Waals surface area contributed by atoms with Gasteiger partial charge in [0.25, 0.3) is 0 Å². The Morgan fingerprint density at radius 2 is 1.94 bits per heavy atom. The van der Waals surface area contributed by atoms with Gasteiger partial charge in [0.2, 0.25) is 10.0 Å². The van der Waals surface area contributed by atoms with Crippen LogP contribution in [-0.2, 0) is 23.1 Å². The molecular formula is C20H19F3N6O3S. The van der Waals surface area contributed by atoms with Crippen molar-refractivity contribution in [1.82, 2.24) is 14.7 Å². The van der Waals surface area contributed by atoms with Gasteiger partial charge in [-0.1, -0.05) is 6.08 Å². The molecule has 0 aliphatic carbocycles. The number of aromatic nitrogens is 2. The second-order valence-corrected chi connectivity index (χ2v) is 9.95. The molecule has 3 aliphatic rings. The van der Waals surface area contributed by atoms with Crippen LogP contribution in [0, 0.1) is 17.5 Å². The van der Waals surface area contributed by atoms with Gasteiger partial charge in [-0.15, -0.1) is 0 Å². The monoisotopic (exact) mass is 480 g/mol. The minimum atomic E-state index is -3.46. The number of carbonyl (C=O) groups is 1. The van der Waals surface area contributed by atoms with Crippen LogP contribution in [0.3, 0.4) is 0 Å². The number of carbonyl (C=O) groups excluding carboxylic acids is 1. The van der Waals surface area contributed by atoms with E-state index in [-0.39, 0.29) is 24.5 Å². The third kappa shape index (κ3) is 3.75. The number of halogens is 3. The molecule has 1 aromatic heterocycles. The number of sulfonamides is 1. The Kier molecular flexibility index (Phi) is 5.15. The Bertz CT molecular complexity index is 1280. The Morgan fingerprint density at radius 1 is 1.18 bits per heavy atom. The van der Waals surface area contributed by atoms with Gasteiger partial charge in [0.1, 0.15) is 0 Å². The van der Waals surface area contributed by atoms with Crippen molar-refractivity contribution in [2.75, 3.05) is 21.9 Å². The van der Waals surface area contributed by atoms with Gasteiger partial charge in [-0.2, -0.15) is 5.10 Å². The fourth-order valence-electron chi connectivity index (χ4n) is 4.29. The van der Waals surface area contributed by atoms with Crippen molar-refractivity contribution in [3.8, 4) is 0 Å². The highest BCUT2D eigenvalue weighted by Gasteiger charge is 2.39. The SMILES string of the molecule is O=C(Nc1cc(F)c(F)c(F)c1)N1Cc2c(N3CCCS3(=O)=O)cnn2C[C@@H]1C1=NC=CC1. The molecule has 3 aliphatic heterocycles. The molecule has 1 aromatic carbocycles. The number of aliphatic imine (C=N–C) groups is 1. The molecule has 2 amide bonds. The topological polar surface area (TPSA) is 99.9 Å². The summed E-state index contributed by atoms with van der Waals surface area (Å²) in [7, 11) is -3.46. The number of allylic oxidation sites excluding steroid dienone is 1. The van der Waals surface area contributed by atoms with E-state index in [0.29, 0.717) is 48.6 Å². The van der Waals surface area contributed by atoms with E-state index in [1.54, 1.807) is 10.9 Å². The minimum absolute atomic E-state index is 0.0109. The van der Waals surface area contributed by atoms with Crippen LogP contribution in [-0.4, -0.2) is 53.2 Å². The van der Waals surface area contributed by atoms with Gasteiger partial charge in [0.05, 0.1) is 42.5 Å². The molecule has 13 heteroatoms. The molecule has 0 bridgehead atoms. The van der Waals surface area contributed by atoms with Gasteiger partial charge in [-0.3, -0.25) is 14.0 Å². The van der Waals surface area contributed by atoms with Crippen molar-refractivity contribution < 1.29 is 26.4 Å². The lowest BCUT2D eigenvalue weighted by Gasteiger charge is -2.37. The molecule has 4 heterocycles. The number of hydrogen-bond donors (Lipinski definition) is 1. The molecule has 0 unspecified atom stereocenters. The first kappa shape index (κ1) is 21.5. The zero-order valence-corrected chi connectivity index (χ0v) is 18.0. The Morgan fingerprint density at radius 3 is 2.58 bits per heavy atom. The lowest BCUT2D eigenvalue weighted by atomic mass is 10.1. The van der Waals surface area contributed by atoms with Crippen molar-refractivity contribution in [2.45, 2.75) is 32.0 Å². The number of amides is 2. The number of rotatable bonds is 3. The summed E-state index contributed by atoms with van der Waals surface area (Å²) in [6, 6.07) is 0.167. The van der Waals surface area contributed by atoms with Gasteiger partial charge in [-0.05, 0) is 6.42 Å². The molecule has 33 heavy (non-hydrogen) atoms. The number of nitrogens with one attached hydrogen (secondary N) is 1. The van der Waals surface area contributed by atoms with E-state index in [1.165, 1.54) is 15.4 Å². The molecule has 2 aromatic rings. The van der Waals surface area contributed by atoms with E-state index in [1.807, 2.05) is 6.08 Å². The summed E-state index contributed by atoms with van der Waals surface area (Å²) in [5, 5.41) is 6.74. The second-order valence-electron chi connectivity index (χ2n) is 7.94.